The zero-order valence-electron chi connectivity index (χ0n) is 20.9. The molecule has 1 amide bonds. The minimum atomic E-state index is -4.62. The zero-order chi connectivity index (χ0) is 27.2. The summed E-state index contributed by atoms with van der Waals surface area (Å²) in [6.45, 7) is 3.30. The third kappa shape index (κ3) is 4.80. The molecule has 0 bridgehead atoms. The monoisotopic (exact) mass is 518 g/mol. The lowest BCUT2D eigenvalue weighted by molar-refractivity contribution is -0.137. The van der Waals surface area contributed by atoms with Gasteiger partial charge in [-0.25, -0.2) is 0 Å². The summed E-state index contributed by atoms with van der Waals surface area (Å²) in [6.07, 6.45) is -3.08. The molecule has 2 heterocycles. The van der Waals surface area contributed by atoms with Gasteiger partial charge in [-0.2, -0.15) is 18.3 Å². The number of alkyl halides is 3. The number of anilines is 1. The molecule has 9 heteroatoms. The Hall–Kier alpha value is -4.37. The van der Waals surface area contributed by atoms with Crippen LogP contribution in [0.3, 0.4) is 0 Å². The number of H-pyrrole nitrogens is 1. The predicted octanol–water partition coefficient (Wildman–Crippen LogP) is 6.73. The molecule has 194 valence electrons. The van der Waals surface area contributed by atoms with Crippen LogP contribution in [0, 0.1) is 0 Å². The highest BCUT2D eigenvalue weighted by Gasteiger charge is 2.34. The van der Waals surface area contributed by atoms with E-state index < -0.39 is 23.2 Å². The van der Waals surface area contributed by atoms with Crippen LogP contribution in [0.2, 0.25) is 0 Å². The van der Waals surface area contributed by atoms with Crippen LogP contribution in [0.25, 0.3) is 33.3 Å². The van der Waals surface area contributed by atoms with Crippen LogP contribution >= 0.6 is 0 Å². The highest BCUT2D eigenvalue weighted by Crippen LogP contribution is 2.39. The summed E-state index contributed by atoms with van der Waals surface area (Å²) in [5, 5.41) is 18.3. The van der Waals surface area contributed by atoms with Gasteiger partial charge in [0.15, 0.2) is 0 Å². The average Bonchev–Trinajstić information content (AvgIpc) is 3.50. The third-order valence-corrected chi connectivity index (χ3v) is 6.36. The van der Waals surface area contributed by atoms with Crippen molar-refractivity contribution in [3.63, 3.8) is 0 Å². The van der Waals surface area contributed by atoms with Gasteiger partial charge in [0, 0.05) is 41.0 Å². The Balaban J connectivity index is 1.63. The fourth-order valence-corrected chi connectivity index (χ4v) is 4.41. The molecule has 0 fully saturated rings. The molecule has 6 nitrogen and oxygen atoms in total. The Bertz CT molecular complexity index is 1640. The summed E-state index contributed by atoms with van der Waals surface area (Å²) >= 11 is 0. The van der Waals surface area contributed by atoms with Crippen molar-refractivity contribution in [3.8, 4) is 22.4 Å². The first-order valence-electron chi connectivity index (χ1n) is 11.9. The molecule has 0 atom stereocenters. The van der Waals surface area contributed by atoms with Gasteiger partial charge < -0.3 is 15.4 Å². The molecule has 0 aliphatic rings. The van der Waals surface area contributed by atoms with Gasteiger partial charge >= 0.3 is 6.18 Å². The Labute approximate surface area is 216 Å². The Kier molecular flexibility index (Phi) is 6.11. The maximum atomic E-state index is 13.8. The van der Waals surface area contributed by atoms with Crippen molar-refractivity contribution in [2.45, 2.75) is 25.6 Å². The number of carbonyl (C=O) groups excluding carboxylic acids is 1. The van der Waals surface area contributed by atoms with E-state index in [0.29, 0.717) is 22.5 Å². The van der Waals surface area contributed by atoms with E-state index in [4.69, 9.17) is 0 Å². The van der Waals surface area contributed by atoms with Crippen LogP contribution in [0.5, 0.6) is 0 Å². The third-order valence-electron chi connectivity index (χ3n) is 6.36. The maximum absolute atomic E-state index is 13.8. The summed E-state index contributed by atoms with van der Waals surface area (Å²) in [6, 6.07) is 19.7. The number of aromatic nitrogens is 3. The Morgan fingerprint density at radius 3 is 2.34 bits per heavy atom. The van der Waals surface area contributed by atoms with Gasteiger partial charge in [-0.1, -0.05) is 42.5 Å². The number of hydrogen-bond donors (Lipinski definition) is 3. The molecule has 0 aliphatic carbocycles. The van der Waals surface area contributed by atoms with Gasteiger partial charge in [-0.3, -0.25) is 9.48 Å². The minimum absolute atomic E-state index is 0.0453. The van der Waals surface area contributed by atoms with Crippen molar-refractivity contribution in [1.29, 1.82) is 0 Å². The van der Waals surface area contributed by atoms with E-state index in [2.05, 4.69) is 15.4 Å². The second-order valence-corrected chi connectivity index (χ2v) is 9.65. The van der Waals surface area contributed by atoms with E-state index in [1.54, 1.807) is 33.2 Å². The summed E-state index contributed by atoms with van der Waals surface area (Å²) < 4.78 is 42.7. The van der Waals surface area contributed by atoms with Crippen LogP contribution in [-0.4, -0.2) is 25.8 Å². The van der Waals surface area contributed by atoms with Crippen LogP contribution in [-0.2, 0) is 18.8 Å². The standard InChI is InChI=1S/C29H25F3N4O2/c1-28(2,38)24-16-18-9-11-20(17-7-5-4-6-8-17)26(25(18)33-24)34-27(37)19-10-12-22(29(30,31)32)21(15-19)23-13-14-36(3)35-23/h4-16,33,38H,1-3H3,(H,34,37). The maximum Gasteiger partial charge on any atom is 0.417 e. The SMILES string of the molecule is Cn1ccc(-c2cc(C(=O)Nc3c(-c4ccccc4)ccc4cc(C(C)(C)O)[nH]c34)ccc2C(F)(F)F)n1. The van der Waals surface area contributed by atoms with Gasteiger partial charge in [0.05, 0.1) is 28.1 Å². The largest absolute Gasteiger partial charge is 0.417 e. The predicted molar refractivity (Wildman–Crippen MR) is 141 cm³/mol. The number of hydrogen-bond acceptors (Lipinski definition) is 3. The lowest BCUT2D eigenvalue weighted by Crippen LogP contribution is -2.16. The van der Waals surface area contributed by atoms with E-state index in [1.165, 1.54) is 16.8 Å². The number of rotatable bonds is 5. The first-order valence-corrected chi connectivity index (χ1v) is 11.9. The summed E-state index contributed by atoms with van der Waals surface area (Å²) in [5.74, 6) is -0.583. The van der Waals surface area contributed by atoms with Crippen molar-refractivity contribution in [3.05, 3.63) is 95.8 Å². The van der Waals surface area contributed by atoms with Crippen molar-refractivity contribution in [2.24, 2.45) is 7.05 Å². The van der Waals surface area contributed by atoms with E-state index in [-0.39, 0.29) is 16.8 Å². The van der Waals surface area contributed by atoms with Crippen LogP contribution < -0.4 is 5.32 Å². The summed E-state index contributed by atoms with van der Waals surface area (Å²) in [4.78, 5) is 16.7. The first kappa shape index (κ1) is 25.3. The van der Waals surface area contributed by atoms with Crippen LogP contribution in [0.15, 0.2) is 79.0 Å². The number of amides is 1. The topological polar surface area (TPSA) is 82.9 Å². The lowest BCUT2D eigenvalue weighted by atomic mass is 9.99. The molecule has 0 saturated carbocycles. The van der Waals surface area contributed by atoms with Gasteiger partial charge in [-0.05, 0) is 49.7 Å². The molecular weight excluding hydrogens is 493 g/mol. The number of aliphatic hydroxyl groups is 1. The summed E-state index contributed by atoms with van der Waals surface area (Å²) in [7, 11) is 1.61. The van der Waals surface area contributed by atoms with Gasteiger partial charge in [0.25, 0.3) is 5.91 Å². The molecule has 38 heavy (non-hydrogen) atoms. The fourth-order valence-electron chi connectivity index (χ4n) is 4.41. The number of fused-ring (bicyclic) bond motifs is 1. The van der Waals surface area contributed by atoms with Gasteiger partial charge in [0.2, 0.25) is 0 Å². The number of halogens is 3. The number of nitrogens with zero attached hydrogens (tertiary/aromatic N) is 2. The smallest absolute Gasteiger partial charge is 0.384 e. The second-order valence-electron chi connectivity index (χ2n) is 9.65. The van der Waals surface area contributed by atoms with Gasteiger partial charge in [-0.15, -0.1) is 0 Å². The highest BCUT2D eigenvalue weighted by atomic mass is 19.4. The average molecular weight is 519 g/mol. The van der Waals surface area contributed by atoms with Crippen molar-refractivity contribution >= 4 is 22.5 Å². The molecule has 5 aromatic rings. The molecule has 0 radical (unpaired) electrons. The molecule has 0 spiro atoms. The number of carbonyl (C=O) groups is 1. The number of aryl methyl sites for hydroxylation is 1. The second kappa shape index (κ2) is 9.18. The number of nitrogens with one attached hydrogen (secondary N) is 2. The minimum Gasteiger partial charge on any atom is -0.384 e. The van der Waals surface area contributed by atoms with Gasteiger partial charge in [0.1, 0.15) is 0 Å². The number of aromatic amines is 1. The van der Waals surface area contributed by atoms with E-state index >= 15 is 0 Å². The molecule has 3 N–H and O–H groups in total. The van der Waals surface area contributed by atoms with Crippen LogP contribution in [0.4, 0.5) is 18.9 Å². The molecule has 3 aromatic carbocycles. The van der Waals surface area contributed by atoms with Crippen molar-refractivity contribution in [1.82, 2.24) is 14.8 Å². The Morgan fingerprint density at radius 1 is 0.974 bits per heavy atom. The fraction of sp³-hybridized carbons (Fsp3) is 0.172. The summed E-state index contributed by atoms with van der Waals surface area (Å²) in [5.41, 5.74) is 1.10. The van der Waals surface area contributed by atoms with E-state index in [0.717, 1.165) is 23.1 Å². The molecule has 0 saturated heterocycles. The first-order chi connectivity index (χ1) is 17.9. The normalized spacial score (nSPS) is 12.2. The Morgan fingerprint density at radius 2 is 1.71 bits per heavy atom. The van der Waals surface area contributed by atoms with Crippen molar-refractivity contribution in [2.75, 3.05) is 5.32 Å². The van der Waals surface area contributed by atoms with Crippen molar-refractivity contribution < 1.29 is 23.1 Å². The molecule has 2 aromatic heterocycles. The molecule has 0 aliphatic heterocycles. The lowest BCUT2D eigenvalue weighted by Gasteiger charge is -2.16. The number of benzene rings is 3. The highest BCUT2D eigenvalue weighted by molar-refractivity contribution is 6.12. The van der Waals surface area contributed by atoms with E-state index in [9.17, 15) is 23.1 Å². The zero-order valence-corrected chi connectivity index (χ0v) is 20.9. The molecular formula is C29H25F3N4O2. The van der Waals surface area contributed by atoms with E-state index in [1.807, 2.05) is 42.5 Å². The quantitative estimate of drug-likeness (QED) is 0.241. The van der Waals surface area contributed by atoms with Crippen LogP contribution in [0.1, 0.15) is 35.5 Å². The molecule has 5 rings (SSSR count). The molecule has 0 unspecified atom stereocenters.